The molecule has 122 valence electrons. The topological polar surface area (TPSA) is 0 Å². The summed E-state index contributed by atoms with van der Waals surface area (Å²) in [7, 11) is 0. The van der Waals surface area contributed by atoms with Gasteiger partial charge in [-0.1, -0.05) is 86.8 Å². The van der Waals surface area contributed by atoms with Gasteiger partial charge in [0.25, 0.3) is 0 Å². The van der Waals surface area contributed by atoms with Crippen LogP contribution >= 0.6 is 0 Å². The second-order valence-corrected chi connectivity index (χ2v) is 7.60. The van der Waals surface area contributed by atoms with E-state index in [-0.39, 0.29) is 0 Å². The van der Waals surface area contributed by atoms with Gasteiger partial charge in [0.15, 0.2) is 0 Å². The Labute approximate surface area is 141 Å². The van der Waals surface area contributed by atoms with Crippen LogP contribution in [0.3, 0.4) is 0 Å². The molecule has 1 aliphatic rings. The van der Waals surface area contributed by atoms with Crippen LogP contribution in [0, 0.1) is 5.92 Å². The minimum Gasteiger partial charge on any atom is -0.0622 e. The molecule has 0 heterocycles. The third-order valence-electron chi connectivity index (χ3n) is 5.85. The van der Waals surface area contributed by atoms with Gasteiger partial charge < -0.3 is 0 Å². The van der Waals surface area contributed by atoms with E-state index in [0.29, 0.717) is 5.41 Å². The molecule has 0 saturated heterocycles. The van der Waals surface area contributed by atoms with Crippen LogP contribution in [-0.4, -0.2) is 0 Å². The van der Waals surface area contributed by atoms with E-state index in [0.717, 1.165) is 5.92 Å². The molecule has 0 radical (unpaired) electrons. The molecule has 2 aromatic carbocycles. The summed E-state index contributed by atoms with van der Waals surface area (Å²) in [4.78, 5) is 0. The number of hydrogen-bond acceptors (Lipinski definition) is 0. The van der Waals surface area contributed by atoms with Crippen LogP contribution in [0.4, 0.5) is 0 Å². The maximum atomic E-state index is 2.49. The van der Waals surface area contributed by atoms with Crippen molar-refractivity contribution in [2.24, 2.45) is 5.92 Å². The van der Waals surface area contributed by atoms with E-state index in [2.05, 4.69) is 67.6 Å². The molecule has 0 aromatic heterocycles. The third-order valence-corrected chi connectivity index (χ3v) is 5.85. The Morgan fingerprint density at radius 2 is 1.52 bits per heavy atom. The van der Waals surface area contributed by atoms with Crippen molar-refractivity contribution in [2.45, 2.75) is 63.7 Å². The van der Waals surface area contributed by atoms with Crippen LogP contribution in [-0.2, 0) is 11.8 Å². The van der Waals surface area contributed by atoms with E-state index in [9.17, 15) is 0 Å². The lowest BCUT2D eigenvalue weighted by atomic mass is 9.70. The highest BCUT2D eigenvalue weighted by Crippen LogP contribution is 2.39. The summed E-state index contributed by atoms with van der Waals surface area (Å²) in [6.45, 7) is 2.49. The first-order valence-corrected chi connectivity index (χ1v) is 9.36. The molecule has 2 unspecified atom stereocenters. The molecule has 0 bridgehead atoms. The van der Waals surface area contributed by atoms with E-state index in [1.54, 1.807) is 5.56 Å². The van der Waals surface area contributed by atoms with Gasteiger partial charge in [-0.25, -0.2) is 0 Å². The molecular formula is C23H30. The minimum absolute atomic E-state index is 0.382. The highest BCUT2D eigenvalue weighted by Gasteiger charge is 2.28. The van der Waals surface area contributed by atoms with Gasteiger partial charge in [0.2, 0.25) is 0 Å². The lowest BCUT2D eigenvalue weighted by Gasteiger charge is -2.34. The first kappa shape index (κ1) is 16.3. The van der Waals surface area contributed by atoms with Gasteiger partial charge in [-0.05, 0) is 54.6 Å². The summed E-state index contributed by atoms with van der Waals surface area (Å²) < 4.78 is 0. The zero-order chi connectivity index (χ0) is 16.0. The summed E-state index contributed by atoms with van der Waals surface area (Å²) in [5.74, 6) is 0.901. The zero-order valence-corrected chi connectivity index (χ0v) is 14.5. The van der Waals surface area contributed by atoms with Crippen LogP contribution < -0.4 is 0 Å². The Morgan fingerprint density at radius 1 is 0.826 bits per heavy atom. The molecule has 2 aromatic rings. The van der Waals surface area contributed by atoms with Crippen molar-refractivity contribution in [1.29, 1.82) is 0 Å². The average Bonchev–Trinajstić information content (AvgIpc) is 2.60. The Hall–Kier alpha value is -1.56. The van der Waals surface area contributed by atoms with Crippen molar-refractivity contribution < 1.29 is 0 Å². The van der Waals surface area contributed by atoms with Crippen molar-refractivity contribution in [3.8, 4) is 0 Å². The normalized spacial score (nSPS) is 25.5. The molecule has 1 aliphatic carbocycles. The molecule has 3 rings (SSSR count). The third kappa shape index (κ3) is 4.47. The van der Waals surface area contributed by atoms with E-state index < -0.39 is 0 Å². The smallest absolute Gasteiger partial charge is 0.00751 e. The largest absolute Gasteiger partial charge is 0.0622 e. The summed E-state index contributed by atoms with van der Waals surface area (Å²) in [5.41, 5.74) is 3.43. The van der Waals surface area contributed by atoms with Crippen molar-refractivity contribution in [2.75, 3.05) is 0 Å². The molecule has 0 heteroatoms. The van der Waals surface area contributed by atoms with Gasteiger partial charge in [0, 0.05) is 0 Å². The summed E-state index contributed by atoms with van der Waals surface area (Å²) in [6.07, 6.45) is 10.9. The number of benzene rings is 2. The second-order valence-electron chi connectivity index (χ2n) is 7.60. The predicted molar refractivity (Wildman–Crippen MR) is 99.7 cm³/mol. The first-order valence-electron chi connectivity index (χ1n) is 9.36. The van der Waals surface area contributed by atoms with Gasteiger partial charge >= 0.3 is 0 Å². The van der Waals surface area contributed by atoms with Crippen molar-refractivity contribution in [3.05, 3.63) is 71.8 Å². The summed E-state index contributed by atoms with van der Waals surface area (Å²) in [5, 5.41) is 0. The molecule has 0 amide bonds. The average molecular weight is 306 g/mol. The minimum atomic E-state index is 0.382. The van der Waals surface area contributed by atoms with Crippen LogP contribution in [0.15, 0.2) is 60.7 Å². The van der Waals surface area contributed by atoms with E-state index in [1.807, 2.05) is 0 Å². The molecule has 2 atom stereocenters. The fraction of sp³-hybridized carbons (Fsp3) is 0.478. The van der Waals surface area contributed by atoms with Gasteiger partial charge in [-0.15, -0.1) is 0 Å². The van der Waals surface area contributed by atoms with Crippen molar-refractivity contribution in [3.63, 3.8) is 0 Å². The molecule has 0 N–H and O–H groups in total. The van der Waals surface area contributed by atoms with Crippen LogP contribution in [0.25, 0.3) is 0 Å². The van der Waals surface area contributed by atoms with E-state index in [1.165, 1.54) is 56.9 Å². The SMILES string of the molecule is CC1(c2ccccc2)CCCCC(CCc2ccccc2)CC1. The maximum Gasteiger partial charge on any atom is -0.00751 e. The van der Waals surface area contributed by atoms with Gasteiger partial charge in [0.05, 0.1) is 0 Å². The molecule has 23 heavy (non-hydrogen) atoms. The van der Waals surface area contributed by atoms with Crippen LogP contribution in [0.5, 0.6) is 0 Å². The molecule has 0 aliphatic heterocycles. The Balaban J connectivity index is 1.60. The lowest BCUT2D eigenvalue weighted by molar-refractivity contribution is 0.278. The molecule has 0 nitrogen and oxygen atoms in total. The molecular weight excluding hydrogens is 276 g/mol. The van der Waals surface area contributed by atoms with Crippen molar-refractivity contribution >= 4 is 0 Å². The second kappa shape index (κ2) is 7.81. The van der Waals surface area contributed by atoms with Crippen LogP contribution in [0.2, 0.25) is 0 Å². The van der Waals surface area contributed by atoms with Gasteiger partial charge in [-0.2, -0.15) is 0 Å². The van der Waals surface area contributed by atoms with Crippen molar-refractivity contribution in [1.82, 2.24) is 0 Å². The summed E-state index contributed by atoms with van der Waals surface area (Å²) in [6, 6.07) is 22.2. The Morgan fingerprint density at radius 3 is 2.26 bits per heavy atom. The Kier molecular flexibility index (Phi) is 5.54. The molecule has 1 fully saturated rings. The standard InChI is InChI=1S/C23H30/c1-23(22-13-6-3-7-14-22)18-9-8-12-21(17-19-23)16-15-20-10-4-2-5-11-20/h2-7,10-11,13-14,21H,8-9,12,15-19H2,1H3. The van der Waals surface area contributed by atoms with Gasteiger partial charge in [-0.3, -0.25) is 0 Å². The Bertz CT molecular complexity index is 572. The number of aryl methyl sites for hydroxylation is 1. The first-order chi connectivity index (χ1) is 11.3. The monoisotopic (exact) mass is 306 g/mol. The van der Waals surface area contributed by atoms with Crippen LogP contribution in [0.1, 0.15) is 63.0 Å². The summed E-state index contributed by atoms with van der Waals surface area (Å²) >= 11 is 0. The highest BCUT2D eigenvalue weighted by molar-refractivity contribution is 5.24. The van der Waals surface area contributed by atoms with E-state index >= 15 is 0 Å². The maximum absolute atomic E-state index is 2.49. The van der Waals surface area contributed by atoms with E-state index in [4.69, 9.17) is 0 Å². The zero-order valence-electron chi connectivity index (χ0n) is 14.5. The fourth-order valence-corrected chi connectivity index (χ4v) is 4.17. The van der Waals surface area contributed by atoms with Gasteiger partial charge in [0.1, 0.15) is 0 Å². The molecule has 1 saturated carbocycles. The quantitative estimate of drug-likeness (QED) is 0.601. The molecule has 0 spiro atoms. The highest BCUT2D eigenvalue weighted by atomic mass is 14.3. The number of rotatable bonds is 4. The predicted octanol–water partition coefficient (Wildman–Crippen LogP) is 6.55. The fourth-order valence-electron chi connectivity index (χ4n) is 4.17. The lowest BCUT2D eigenvalue weighted by Crippen LogP contribution is -2.25. The number of hydrogen-bond donors (Lipinski definition) is 0.